The third-order valence-corrected chi connectivity index (χ3v) is 11.1. The quantitative estimate of drug-likeness (QED) is 0.0580. The number of nitrogens with one attached hydrogen (secondary N) is 4. The lowest BCUT2D eigenvalue weighted by atomic mass is 10.0. The number of hydrogen-bond donors (Lipinski definition) is 5. The van der Waals surface area contributed by atoms with Crippen LogP contribution in [0.3, 0.4) is 0 Å². The molecule has 5 aromatic rings. The molecule has 2 heterocycles. The van der Waals surface area contributed by atoms with Gasteiger partial charge in [0.1, 0.15) is 11.9 Å². The molecule has 4 aromatic carbocycles. The highest BCUT2D eigenvalue weighted by Gasteiger charge is 2.23. The fraction of sp³-hybridized carbons (Fsp3) is 0.375. The molecule has 5 N–H and O–H groups in total. The molecular weight excluding hydrogens is 757 g/mol. The average Bonchev–Trinajstić information content (AvgIpc) is 3.24. The number of carbonyl (C=O) groups excluding carboxylic acids is 3. The van der Waals surface area contributed by atoms with Crippen molar-refractivity contribution in [1.29, 1.82) is 0 Å². The van der Waals surface area contributed by atoms with Crippen LogP contribution in [0.15, 0.2) is 108 Å². The van der Waals surface area contributed by atoms with Gasteiger partial charge in [0.2, 0.25) is 17.4 Å². The van der Waals surface area contributed by atoms with Crippen LogP contribution in [-0.2, 0) is 33.6 Å². The molecule has 0 aliphatic carbocycles. The van der Waals surface area contributed by atoms with Crippen molar-refractivity contribution in [2.75, 3.05) is 51.6 Å². The number of likely N-dealkylation sites (tertiary alicyclic amines) is 1. The van der Waals surface area contributed by atoms with Gasteiger partial charge >= 0.3 is 6.09 Å². The van der Waals surface area contributed by atoms with Crippen LogP contribution in [0.1, 0.15) is 55.7 Å². The molecule has 0 spiro atoms. The molecule has 12 nitrogen and oxygen atoms in total. The maximum atomic E-state index is 12.9. The molecule has 316 valence electrons. The smallest absolute Gasteiger partial charge is 0.411 e. The second-order valence-corrected chi connectivity index (χ2v) is 15.8. The molecule has 0 radical (unpaired) electrons. The topological polar surface area (TPSA) is 156 Å². The summed E-state index contributed by atoms with van der Waals surface area (Å²) in [6, 6.07) is 32.7. The van der Waals surface area contributed by atoms with E-state index in [1.54, 1.807) is 17.0 Å². The summed E-state index contributed by atoms with van der Waals surface area (Å²) in [5.74, 6) is 0.143. The molecule has 0 saturated carbocycles. The fourth-order valence-electron chi connectivity index (χ4n) is 7.78. The number of aromatic nitrogens is 1. The minimum Gasteiger partial charge on any atom is -0.506 e. The lowest BCUT2D eigenvalue weighted by Gasteiger charge is -2.31. The molecule has 1 atom stereocenters. The second kappa shape index (κ2) is 21.9. The number of pyridine rings is 1. The van der Waals surface area contributed by atoms with E-state index in [0.29, 0.717) is 43.7 Å². The zero-order valence-electron chi connectivity index (χ0n) is 34.8. The van der Waals surface area contributed by atoms with Crippen molar-refractivity contribution in [2.45, 2.75) is 70.4 Å². The van der Waals surface area contributed by atoms with E-state index in [9.17, 15) is 24.3 Å². The van der Waals surface area contributed by atoms with Gasteiger partial charge in [-0.15, -0.1) is 0 Å². The van der Waals surface area contributed by atoms with Crippen LogP contribution in [-0.4, -0.2) is 96.3 Å². The Bertz CT molecular complexity index is 2250. The van der Waals surface area contributed by atoms with Crippen molar-refractivity contribution in [3.63, 3.8) is 0 Å². The number of piperidine rings is 1. The number of ether oxygens (including phenoxy) is 1. The fourth-order valence-corrected chi connectivity index (χ4v) is 7.78. The third kappa shape index (κ3) is 13.0. The number of aromatic hydroxyl groups is 1. The van der Waals surface area contributed by atoms with Gasteiger partial charge in [-0.05, 0) is 92.4 Å². The number of benzene rings is 4. The Hall–Kier alpha value is -5.98. The number of rotatable bonds is 19. The number of hydrogen-bond acceptors (Lipinski definition) is 8. The number of anilines is 1. The van der Waals surface area contributed by atoms with E-state index in [2.05, 4.69) is 44.9 Å². The first-order valence-corrected chi connectivity index (χ1v) is 21.1. The summed E-state index contributed by atoms with van der Waals surface area (Å²) in [7, 11) is 1.83. The van der Waals surface area contributed by atoms with Crippen molar-refractivity contribution in [3.05, 3.63) is 130 Å². The van der Waals surface area contributed by atoms with Gasteiger partial charge in [0, 0.05) is 69.3 Å². The zero-order chi connectivity index (χ0) is 42.3. The maximum absolute atomic E-state index is 12.9. The van der Waals surface area contributed by atoms with Crippen LogP contribution in [0.2, 0.25) is 0 Å². The number of phenols is 1. The van der Waals surface area contributed by atoms with Crippen molar-refractivity contribution in [3.8, 4) is 16.9 Å². The Morgan fingerprint density at radius 2 is 1.67 bits per heavy atom. The minimum atomic E-state index is -0.453. The summed E-state index contributed by atoms with van der Waals surface area (Å²) >= 11 is 0. The van der Waals surface area contributed by atoms with E-state index >= 15 is 0 Å². The van der Waals surface area contributed by atoms with Crippen LogP contribution >= 0.6 is 0 Å². The number of unbranched alkanes of at least 4 members (excludes halogenated alkanes) is 1. The normalized spacial score (nSPS) is 13.8. The molecule has 0 unspecified atom stereocenters. The summed E-state index contributed by atoms with van der Waals surface area (Å²) in [5.41, 5.74) is 6.06. The number of H-pyrrole nitrogens is 1. The average molecular weight is 815 g/mol. The molecule has 1 aliphatic heterocycles. The molecule has 1 aliphatic rings. The summed E-state index contributed by atoms with van der Waals surface area (Å²) in [5, 5.41) is 20.5. The summed E-state index contributed by atoms with van der Waals surface area (Å²) in [4.78, 5) is 56.9. The predicted molar refractivity (Wildman–Crippen MR) is 237 cm³/mol. The van der Waals surface area contributed by atoms with Gasteiger partial charge < -0.3 is 35.3 Å². The Balaban J connectivity index is 0.807. The number of amides is 3. The van der Waals surface area contributed by atoms with Crippen molar-refractivity contribution >= 4 is 34.5 Å². The van der Waals surface area contributed by atoms with E-state index in [4.69, 9.17) is 4.74 Å². The van der Waals surface area contributed by atoms with Gasteiger partial charge in [0.25, 0.3) is 0 Å². The van der Waals surface area contributed by atoms with Crippen molar-refractivity contribution in [2.24, 2.45) is 0 Å². The van der Waals surface area contributed by atoms with Crippen LogP contribution in [0.5, 0.6) is 5.75 Å². The zero-order valence-corrected chi connectivity index (χ0v) is 34.8. The lowest BCUT2D eigenvalue weighted by Crippen LogP contribution is -2.40. The van der Waals surface area contributed by atoms with Crippen molar-refractivity contribution < 1.29 is 24.2 Å². The maximum Gasteiger partial charge on any atom is 0.411 e. The first-order chi connectivity index (χ1) is 29.1. The van der Waals surface area contributed by atoms with E-state index in [-0.39, 0.29) is 35.3 Å². The van der Waals surface area contributed by atoms with Crippen LogP contribution in [0, 0.1) is 0 Å². The number of para-hydroxylation sites is 1. The number of carbonyl (C=O) groups is 3. The number of phenolic OH excluding ortho intramolecular Hbond substituents is 1. The molecule has 3 amide bonds. The molecule has 1 saturated heterocycles. The molecule has 1 fully saturated rings. The lowest BCUT2D eigenvalue weighted by molar-refractivity contribution is -0.130. The molecule has 60 heavy (non-hydrogen) atoms. The number of fused-ring (bicyclic) bond motifs is 1. The predicted octanol–water partition coefficient (Wildman–Crippen LogP) is 6.66. The summed E-state index contributed by atoms with van der Waals surface area (Å²) in [6.45, 7) is 6.26. The summed E-state index contributed by atoms with van der Waals surface area (Å²) < 4.78 is 5.77. The third-order valence-electron chi connectivity index (χ3n) is 11.1. The van der Waals surface area contributed by atoms with Gasteiger partial charge in [-0.3, -0.25) is 19.7 Å². The Kier molecular flexibility index (Phi) is 15.9. The second-order valence-electron chi connectivity index (χ2n) is 15.8. The Morgan fingerprint density at radius 3 is 2.48 bits per heavy atom. The number of nitrogens with zero attached hydrogens (tertiary/aromatic N) is 2. The minimum absolute atomic E-state index is 0.0200. The largest absolute Gasteiger partial charge is 0.506 e. The Labute approximate surface area is 352 Å². The van der Waals surface area contributed by atoms with Crippen molar-refractivity contribution in [1.82, 2.24) is 25.4 Å². The van der Waals surface area contributed by atoms with Gasteiger partial charge in [0.05, 0.1) is 17.6 Å². The van der Waals surface area contributed by atoms with E-state index in [1.807, 2.05) is 79.8 Å². The van der Waals surface area contributed by atoms with Gasteiger partial charge in [-0.1, -0.05) is 78.9 Å². The molecule has 1 aromatic heterocycles. The highest BCUT2D eigenvalue weighted by Crippen LogP contribution is 2.28. The standard InChI is InChI=1S/C48H58N6O6/c1-34(49-26-21-38-17-19-43(55)47-41(38)18-20-44(56)52-47)31-35-11-10-12-36(32-35)33-45(57)50-25-8-9-27-53(2)46(58)24-30-54-28-22-39(23-29-54)60-48(59)51-42-16-7-6-15-40(42)37-13-4-3-5-14-37/h3-7,10-20,32,34,39,49,55H,8-9,21-31,33H2,1-2H3,(H,50,57)(H,51,59)(H,52,56)/t34-/m1/s1. The molecular formula is C48H58N6O6. The molecule has 0 bridgehead atoms. The van der Waals surface area contributed by atoms with Crippen LogP contribution in [0.25, 0.3) is 22.0 Å². The highest BCUT2D eigenvalue weighted by molar-refractivity contribution is 5.91. The van der Waals surface area contributed by atoms with Gasteiger partial charge in [-0.2, -0.15) is 0 Å². The SMILES string of the molecule is C[C@H](Cc1cccc(CC(=O)NCCCCN(C)C(=O)CCN2CCC(OC(=O)Nc3ccccc3-c3ccccc3)CC2)c1)NCCc1ccc(O)c2[nH]c(=O)ccc12. The molecule has 12 heteroatoms. The Morgan fingerprint density at radius 1 is 0.900 bits per heavy atom. The van der Waals surface area contributed by atoms with E-state index in [1.165, 1.54) is 6.07 Å². The van der Waals surface area contributed by atoms with Crippen LogP contribution in [0.4, 0.5) is 10.5 Å². The van der Waals surface area contributed by atoms with Crippen LogP contribution < -0.4 is 21.5 Å². The monoisotopic (exact) mass is 814 g/mol. The van der Waals surface area contributed by atoms with E-state index < -0.39 is 6.09 Å². The van der Waals surface area contributed by atoms with E-state index in [0.717, 1.165) is 91.4 Å². The van der Waals surface area contributed by atoms with Gasteiger partial charge in [0.15, 0.2) is 0 Å². The first kappa shape index (κ1) is 43.6. The summed E-state index contributed by atoms with van der Waals surface area (Å²) in [6.07, 6.45) is 4.70. The molecule has 6 rings (SSSR count). The van der Waals surface area contributed by atoms with Gasteiger partial charge in [-0.25, -0.2) is 4.79 Å². The first-order valence-electron chi connectivity index (χ1n) is 21.1. The number of aromatic amines is 1. The highest BCUT2D eigenvalue weighted by atomic mass is 16.6.